The molecule has 7 heteroatoms. The molecule has 1 heterocycles. The Morgan fingerprint density at radius 1 is 1.43 bits per heavy atom. The van der Waals surface area contributed by atoms with Crippen molar-refractivity contribution in [3.8, 4) is 0 Å². The summed E-state index contributed by atoms with van der Waals surface area (Å²) in [4.78, 5) is 5.48. The van der Waals surface area contributed by atoms with E-state index in [0.29, 0.717) is 5.92 Å². The number of ether oxygens (including phenoxy) is 1. The van der Waals surface area contributed by atoms with Crippen LogP contribution in [0.5, 0.6) is 0 Å². The van der Waals surface area contributed by atoms with Crippen LogP contribution in [0.25, 0.3) is 0 Å². The molecule has 2 N–H and O–H groups in total. The second-order valence-corrected chi connectivity index (χ2v) is 6.82. The van der Waals surface area contributed by atoms with Crippen LogP contribution in [-0.4, -0.2) is 32.8 Å². The maximum Gasteiger partial charge on any atom is 0.191 e. The Kier molecular flexibility index (Phi) is 12.7. The highest BCUT2D eigenvalue weighted by Crippen LogP contribution is 2.19. The number of nitrogens with zero attached hydrogens (tertiary/aromatic N) is 1. The first kappa shape index (κ1) is 21.1. The number of nitrogens with one attached hydrogen (secondary N) is 2. The first-order valence-corrected chi connectivity index (χ1v) is 8.54. The van der Waals surface area contributed by atoms with E-state index in [1.54, 1.807) is 18.4 Å². The van der Waals surface area contributed by atoms with Crippen molar-refractivity contribution in [2.45, 2.75) is 26.8 Å². The third-order valence-corrected chi connectivity index (χ3v) is 4.18. The van der Waals surface area contributed by atoms with Gasteiger partial charge in [0.25, 0.3) is 0 Å². The van der Waals surface area contributed by atoms with Gasteiger partial charge in [0.1, 0.15) is 0 Å². The molecule has 0 radical (unpaired) electrons. The van der Waals surface area contributed by atoms with E-state index in [1.165, 1.54) is 4.88 Å². The SMILES string of the molecule is CN=C(NCCCOCC(C)C)NCc1cc(Br)cs1.I. The molecule has 122 valence electrons. The number of rotatable bonds is 8. The number of halogens is 2. The zero-order valence-corrected chi connectivity index (χ0v) is 17.6. The van der Waals surface area contributed by atoms with Gasteiger partial charge in [0, 0.05) is 41.5 Å². The van der Waals surface area contributed by atoms with Crippen LogP contribution >= 0.6 is 51.2 Å². The maximum atomic E-state index is 5.54. The Bertz CT molecular complexity index is 413. The van der Waals surface area contributed by atoms with Crippen LogP contribution in [-0.2, 0) is 11.3 Å². The second-order valence-electron chi connectivity index (χ2n) is 4.91. The van der Waals surface area contributed by atoms with E-state index in [2.05, 4.69) is 56.8 Å². The number of aliphatic imine (C=N–C) groups is 1. The Morgan fingerprint density at radius 3 is 2.76 bits per heavy atom. The molecule has 0 atom stereocenters. The fourth-order valence-corrected chi connectivity index (χ4v) is 2.93. The summed E-state index contributed by atoms with van der Waals surface area (Å²) in [5, 5.41) is 8.66. The van der Waals surface area contributed by atoms with E-state index < -0.39 is 0 Å². The maximum absolute atomic E-state index is 5.54. The quantitative estimate of drug-likeness (QED) is 0.252. The first-order valence-electron chi connectivity index (χ1n) is 6.87. The van der Waals surface area contributed by atoms with Crippen molar-refractivity contribution in [1.29, 1.82) is 0 Å². The highest BCUT2D eigenvalue weighted by molar-refractivity contribution is 14.0. The zero-order valence-electron chi connectivity index (χ0n) is 12.8. The Balaban J connectivity index is 0.00000400. The number of hydrogen-bond donors (Lipinski definition) is 2. The smallest absolute Gasteiger partial charge is 0.191 e. The van der Waals surface area contributed by atoms with Gasteiger partial charge in [0.05, 0.1) is 6.54 Å². The molecule has 0 amide bonds. The summed E-state index contributed by atoms with van der Waals surface area (Å²) in [7, 11) is 1.79. The van der Waals surface area contributed by atoms with Gasteiger partial charge in [-0.2, -0.15) is 0 Å². The summed E-state index contributed by atoms with van der Waals surface area (Å²) in [6, 6.07) is 2.12. The van der Waals surface area contributed by atoms with Gasteiger partial charge in [-0.05, 0) is 34.3 Å². The molecule has 0 unspecified atom stereocenters. The van der Waals surface area contributed by atoms with E-state index in [9.17, 15) is 0 Å². The van der Waals surface area contributed by atoms with Crippen molar-refractivity contribution in [3.05, 3.63) is 20.8 Å². The Labute approximate surface area is 157 Å². The number of thiophene rings is 1. The molecular formula is C14H25BrIN3OS. The Hall–Kier alpha value is 0.140. The van der Waals surface area contributed by atoms with Gasteiger partial charge in [0.15, 0.2) is 5.96 Å². The standard InChI is InChI=1S/C14H24BrN3OS.HI/c1-11(2)9-19-6-4-5-17-14(16-3)18-8-13-7-12(15)10-20-13;/h7,10-11H,4-6,8-9H2,1-3H3,(H2,16,17,18);1H. The van der Waals surface area contributed by atoms with Gasteiger partial charge in [-0.25, -0.2) is 0 Å². The third kappa shape index (κ3) is 10.5. The monoisotopic (exact) mass is 489 g/mol. The minimum absolute atomic E-state index is 0. The summed E-state index contributed by atoms with van der Waals surface area (Å²) in [5.74, 6) is 1.43. The summed E-state index contributed by atoms with van der Waals surface area (Å²) >= 11 is 5.18. The lowest BCUT2D eigenvalue weighted by Crippen LogP contribution is -2.37. The molecular weight excluding hydrogens is 465 g/mol. The average Bonchev–Trinajstić information content (AvgIpc) is 2.82. The van der Waals surface area contributed by atoms with Gasteiger partial charge >= 0.3 is 0 Å². The molecule has 0 saturated carbocycles. The van der Waals surface area contributed by atoms with Crippen molar-refractivity contribution in [2.75, 3.05) is 26.8 Å². The highest BCUT2D eigenvalue weighted by Gasteiger charge is 2.00. The molecule has 0 spiro atoms. The average molecular weight is 490 g/mol. The van der Waals surface area contributed by atoms with Gasteiger partial charge in [-0.1, -0.05) is 13.8 Å². The zero-order chi connectivity index (χ0) is 14.8. The fourth-order valence-electron chi connectivity index (χ4n) is 1.54. The predicted octanol–water partition coefficient (Wildman–Crippen LogP) is 3.86. The van der Waals surface area contributed by atoms with Gasteiger partial charge in [0.2, 0.25) is 0 Å². The normalized spacial score (nSPS) is 11.4. The molecule has 1 aromatic rings. The summed E-state index contributed by atoms with van der Waals surface area (Å²) < 4.78 is 6.67. The summed E-state index contributed by atoms with van der Waals surface area (Å²) in [6.45, 7) is 7.60. The second kappa shape index (κ2) is 12.7. The summed E-state index contributed by atoms with van der Waals surface area (Å²) in [6.07, 6.45) is 0.984. The fraction of sp³-hybridized carbons (Fsp3) is 0.643. The molecule has 21 heavy (non-hydrogen) atoms. The minimum atomic E-state index is 0. The van der Waals surface area contributed by atoms with Crippen LogP contribution in [0.15, 0.2) is 20.9 Å². The van der Waals surface area contributed by atoms with E-state index in [4.69, 9.17) is 4.74 Å². The van der Waals surface area contributed by atoms with Crippen LogP contribution < -0.4 is 10.6 Å². The van der Waals surface area contributed by atoms with Crippen molar-refractivity contribution >= 4 is 57.2 Å². The molecule has 0 fully saturated rings. The van der Waals surface area contributed by atoms with Crippen LogP contribution in [0, 0.1) is 5.92 Å². The number of guanidine groups is 1. The van der Waals surface area contributed by atoms with Crippen molar-refractivity contribution < 1.29 is 4.74 Å². The molecule has 1 aromatic heterocycles. The van der Waals surface area contributed by atoms with Gasteiger partial charge in [-0.3, -0.25) is 4.99 Å². The van der Waals surface area contributed by atoms with E-state index in [1.807, 2.05) is 0 Å². The number of hydrogen-bond acceptors (Lipinski definition) is 3. The van der Waals surface area contributed by atoms with Crippen LogP contribution in [0.1, 0.15) is 25.1 Å². The van der Waals surface area contributed by atoms with Crippen LogP contribution in [0.2, 0.25) is 0 Å². The first-order chi connectivity index (χ1) is 9.61. The molecule has 0 aliphatic carbocycles. The molecule has 0 bridgehead atoms. The molecule has 0 aliphatic heterocycles. The highest BCUT2D eigenvalue weighted by atomic mass is 127. The topological polar surface area (TPSA) is 45.7 Å². The predicted molar refractivity (Wildman–Crippen MR) is 106 cm³/mol. The third-order valence-electron chi connectivity index (χ3n) is 2.48. The largest absolute Gasteiger partial charge is 0.381 e. The van der Waals surface area contributed by atoms with Gasteiger partial charge < -0.3 is 15.4 Å². The molecule has 0 aromatic carbocycles. The van der Waals surface area contributed by atoms with Crippen LogP contribution in [0.4, 0.5) is 0 Å². The molecule has 1 rings (SSSR count). The minimum Gasteiger partial charge on any atom is -0.381 e. The van der Waals surface area contributed by atoms with Crippen molar-refractivity contribution in [3.63, 3.8) is 0 Å². The van der Waals surface area contributed by atoms with Gasteiger partial charge in [-0.15, -0.1) is 35.3 Å². The molecule has 0 saturated heterocycles. The molecule has 0 aliphatic rings. The van der Waals surface area contributed by atoms with Crippen LogP contribution in [0.3, 0.4) is 0 Å². The van der Waals surface area contributed by atoms with Crippen molar-refractivity contribution in [1.82, 2.24) is 10.6 Å². The van der Waals surface area contributed by atoms with E-state index in [-0.39, 0.29) is 24.0 Å². The molecule has 4 nitrogen and oxygen atoms in total. The van der Waals surface area contributed by atoms with E-state index in [0.717, 1.165) is 43.2 Å². The lowest BCUT2D eigenvalue weighted by Gasteiger charge is -2.11. The lowest BCUT2D eigenvalue weighted by atomic mass is 10.2. The van der Waals surface area contributed by atoms with Crippen molar-refractivity contribution in [2.24, 2.45) is 10.9 Å². The van der Waals surface area contributed by atoms with E-state index >= 15 is 0 Å². The Morgan fingerprint density at radius 2 is 2.19 bits per heavy atom. The lowest BCUT2D eigenvalue weighted by molar-refractivity contribution is 0.108. The summed E-state index contributed by atoms with van der Waals surface area (Å²) in [5.41, 5.74) is 0.